The Labute approximate surface area is 156 Å². The van der Waals surface area contributed by atoms with Gasteiger partial charge in [0.05, 0.1) is 0 Å². The second kappa shape index (κ2) is 5.96. The second-order valence-electron chi connectivity index (χ2n) is 7.61. The first-order valence-electron chi connectivity index (χ1n) is 9.38. The Balaban J connectivity index is 1.80. The molecule has 0 atom stereocenters. The Hall–Kier alpha value is -2.64. The number of hydrogen-bond donors (Lipinski definition) is 0. The molecule has 1 heteroatoms. The van der Waals surface area contributed by atoms with E-state index in [9.17, 15) is 0 Å². The first-order chi connectivity index (χ1) is 12.8. The number of hydrogen-bond acceptors (Lipinski definition) is 0. The average Bonchev–Trinajstić information content (AvgIpc) is 2.69. The normalized spacial score (nSPS) is 15.1. The molecule has 0 aromatic heterocycles. The van der Waals surface area contributed by atoms with Gasteiger partial charge < -0.3 is 0 Å². The lowest BCUT2D eigenvalue weighted by Crippen LogP contribution is -2.63. The predicted molar refractivity (Wildman–Crippen MR) is 114 cm³/mol. The summed E-state index contributed by atoms with van der Waals surface area (Å²) in [5.41, 5.74) is 4.44. The number of rotatable bonds is 2. The zero-order valence-corrected chi connectivity index (χ0v) is 16.1. The van der Waals surface area contributed by atoms with Crippen molar-refractivity contribution in [3.05, 3.63) is 108 Å². The molecule has 0 amide bonds. The van der Waals surface area contributed by atoms with Crippen molar-refractivity contribution in [2.45, 2.75) is 19.0 Å². The predicted octanol–water partition coefficient (Wildman–Crippen LogP) is 4.59. The Kier molecular flexibility index (Phi) is 3.58. The highest BCUT2D eigenvalue weighted by molar-refractivity contribution is 7.01. The molecule has 0 aliphatic carbocycles. The fraction of sp³-hybridized carbons (Fsp3) is 0.120. The van der Waals surface area contributed by atoms with Gasteiger partial charge in [0.25, 0.3) is 0 Å². The van der Waals surface area contributed by atoms with Crippen LogP contribution in [0.5, 0.6) is 0 Å². The van der Waals surface area contributed by atoms with Crippen LogP contribution in [0.15, 0.2) is 91.0 Å². The van der Waals surface area contributed by atoms with E-state index in [2.05, 4.69) is 97.9 Å². The van der Waals surface area contributed by atoms with E-state index < -0.39 is 8.07 Å². The third kappa shape index (κ3) is 2.35. The van der Waals surface area contributed by atoms with Crippen LogP contribution in [0.4, 0.5) is 0 Å². The molecule has 4 aromatic rings. The molecular formula is C25H22Si. The molecule has 0 bridgehead atoms. The van der Waals surface area contributed by atoms with E-state index in [4.69, 9.17) is 0 Å². The molecule has 1 aliphatic rings. The molecule has 0 N–H and O–H groups in total. The van der Waals surface area contributed by atoms with E-state index in [1.807, 2.05) is 0 Å². The quantitative estimate of drug-likeness (QED) is 0.464. The maximum Gasteiger partial charge on any atom is 0.126 e. The summed E-state index contributed by atoms with van der Waals surface area (Å²) in [5, 5.41) is 6.01. The van der Waals surface area contributed by atoms with Crippen molar-refractivity contribution in [1.82, 2.24) is 0 Å². The fourth-order valence-corrected chi connectivity index (χ4v) is 9.66. The molecular weight excluding hydrogens is 328 g/mol. The van der Waals surface area contributed by atoms with Crippen LogP contribution < -0.4 is 10.4 Å². The molecule has 1 aliphatic heterocycles. The van der Waals surface area contributed by atoms with Gasteiger partial charge in [0.2, 0.25) is 0 Å². The average molecular weight is 351 g/mol. The number of benzene rings is 4. The maximum atomic E-state index is 2.43. The van der Waals surface area contributed by atoms with Crippen molar-refractivity contribution < 1.29 is 0 Å². The molecule has 0 radical (unpaired) electrons. The van der Waals surface area contributed by atoms with Crippen LogP contribution in [-0.2, 0) is 12.1 Å². The van der Waals surface area contributed by atoms with E-state index in [1.54, 1.807) is 15.9 Å². The molecule has 126 valence electrons. The van der Waals surface area contributed by atoms with Crippen molar-refractivity contribution >= 4 is 29.2 Å². The van der Waals surface area contributed by atoms with E-state index in [0.29, 0.717) is 0 Å². The van der Waals surface area contributed by atoms with Crippen LogP contribution in [0, 0.1) is 6.92 Å². The molecule has 4 aromatic carbocycles. The van der Waals surface area contributed by atoms with Gasteiger partial charge in [0, 0.05) is 0 Å². The van der Waals surface area contributed by atoms with Crippen LogP contribution in [0.3, 0.4) is 0 Å². The van der Waals surface area contributed by atoms with E-state index in [0.717, 1.165) is 0 Å². The smallest absolute Gasteiger partial charge is 0.0626 e. The molecule has 0 spiro atoms. The van der Waals surface area contributed by atoms with Crippen molar-refractivity contribution in [1.29, 1.82) is 0 Å². The Bertz CT molecular complexity index is 1040. The molecule has 0 unspecified atom stereocenters. The topological polar surface area (TPSA) is 0 Å². The van der Waals surface area contributed by atoms with Crippen LogP contribution in [0.1, 0.15) is 16.7 Å². The monoisotopic (exact) mass is 350 g/mol. The van der Waals surface area contributed by atoms with Crippen LogP contribution in [-0.4, -0.2) is 8.07 Å². The standard InChI is InChI=1S/C25H22Si/c1-19-15-20-9-8-10-21-17-26(18-22(16-19)25(20)21,23-11-4-2-5-12-23)24-13-6-3-7-14-24/h2-16H,17-18H2,1H3. The third-order valence-electron chi connectivity index (χ3n) is 5.93. The lowest BCUT2D eigenvalue weighted by Gasteiger charge is -2.38. The first-order valence-corrected chi connectivity index (χ1v) is 11.8. The van der Waals surface area contributed by atoms with Crippen LogP contribution in [0.25, 0.3) is 10.8 Å². The van der Waals surface area contributed by atoms with Gasteiger partial charge in [-0.05, 0) is 40.9 Å². The molecule has 0 saturated heterocycles. The van der Waals surface area contributed by atoms with Gasteiger partial charge >= 0.3 is 0 Å². The minimum atomic E-state index is -1.88. The maximum absolute atomic E-state index is 2.43. The molecule has 26 heavy (non-hydrogen) atoms. The zero-order chi connectivity index (χ0) is 17.6. The van der Waals surface area contributed by atoms with Gasteiger partial charge in [-0.2, -0.15) is 0 Å². The minimum Gasteiger partial charge on any atom is -0.0626 e. The first kappa shape index (κ1) is 15.6. The summed E-state index contributed by atoms with van der Waals surface area (Å²) in [6.07, 6.45) is 0. The lowest BCUT2D eigenvalue weighted by molar-refractivity contribution is 1.21. The summed E-state index contributed by atoms with van der Waals surface area (Å²) in [5.74, 6) is 0. The summed E-state index contributed by atoms with van der Waals surface area (Å²) < 4.78 is 0. The largest absolute Gasteiger partial charge is 0.126 e. The molecule has 1 heterocycles. The van der Waals surface area contributed by atoms with E-state index in [1.165, 1.54) is 34.0 Å². The lowest BCUT2D eigenvalue weighted by atomic mass is 9.98. The van der Waals surface area contributed by atoms with Gasteiger partial charge in [-0.1, -0.05) is 107 Å². The summed E-state index contributed by atoms with van der Waals surface area (Å²) in [7, 11) is -1.88. The SMILES string of the molecule is Cc1cc2c3c(cccc3c1)C[Si](c1ccccc1)(c1ccccc1)C2. The number of aryl methyl sites for hydroxylation is 1. The van der Waals surface area contributed by atoms with E-state index in [-0.39, 0.29) is 0 Å². The van der Waals surface area contributed by atoms with Crippen LogP contribution >= 0.6 is 0 Å². The van der Waals surface area contributed by atoms with Crippen LogP contribution in [0.2, 0.25) is 0 Å². The highest BCUT2D eigenvalue weighted by Gasteiger charge is 2.40. The Morgan fingerprint density at radius 1 is 0.615 bits per heavy atom. The van der Waals surface area contributed by atoms with Gasteiger partial charge in [-0.15, -0.1) is 0 Å². The summed E-state index contributed by atoms with van der Waals surface area (Å²) in [6, 6.07) is 36.6. The Morgan fingerprint density at radius 2 is 1.23 bits per heavy atom. The highest BCUT2D eigenvalue weighted by Crippen LogP contribution is 2.34. The minimum absolute atomic E-state index is 1.19. The van der Waals surface area contributed by atoms with Gasteiger partial charge in [0.15, 0.2) is 0 Å². The highest BCUT2D eigenvalue weighted by atomic mass is 28.3. The summed E-state index contributed by atoms with van der Waals surface area (Å²) in [4.78, 5) is 0. The van der Waals surface area contributed by atoms with Gasteiger partial charge in [-0.3, -0.25) is 0 Å². The van der Waals surface area contributed by atoms with Crippen molar-refractivity contribution in [3.8, 4) is 0 Å². The summed E-state index contributed by atoms with van der Waals surface area (Å²) in [6.45, 7) is 2.23. The summed E-state index contributed by atoms with van der Waals surface area (Å²) >= 11 is 0. The van der Waals surface area contributed by atoms with Gasteiger partial charge in [-0.25, -0.2) is 0 Å². The molecule has 0 fully saturated rings. The van der Waals surface area contributed by atoms with Crippen molar-refractivity contribution in [2.24, 2.45) is 0 Å². The zero-order valence-electron chi connectivity index (χ0n) is 15.1. The molecule has 5 rings (SSSR count). The van der Waals surface area contributed by atoms with Gasteiger partial charge in [0.1, 0.15) is 8.07 Å². The Morgan fingerprint density at radius 3 is 1.88 bits per heavy atom. The molecule has 0 nitrogen and oxygen atoms in total. The van der Waals surface area contributed by atoms with Crippen molar-refractivity contribution in [3.63, 3.8) is 0 Å². The second-order valence-corrected chi connectivity index (χ2v) is 11.6. The van der Waals surface area contributed by atoms with Crippen molar-refractivity contribution in [2.75, 3.05) is 0 Å². The molecule has 0 saturated carbocycles. The third-order valence-corrected chi connectivity index (χ3v) is 10.8. The fourth-order valence-electron chi connectivity index (χ4n) is 4.85. The van der Waals surface area contributed by atoms with E-state index >= 15 is 0 Å².